The summed E-state index contributed by atoms with van der Waals surface area (Å²) in [5.74, 6) is -0.291. The summed E-state index contributed by atoms with van der Waals surface area (Å²) in [4.78, 5) is 42.6. The number of para-hydroxylation sites is 1. The van der Waals surface area contributed by atoms with Crippen molar-refractivity contribution in [2.75, 3.05) is 4.90 Å². The molecule has 0 bridgehead atoms. The molecule has 6 nitrogen and oxygen atoms in total. The van der Waals surface area contributed by atoms with Gasteiger partial charge in [-0.15, -0.1) is 0 Å². The third-order valence-electron chi connectivity index (χ3n) is 8.44. The maximum absolute atomic E-state index is 14.0. The fourth-order valence-electron chi connectivity index (χ4n) is 6.66. The molecule has 0 saturated heterocycles. The summed E-state index contributed by atoms with van der Waals surface area (Å²) >= 11 is 0. The summed E-state index contributed by atoms with van der Waals surface area (Å²) in [6, 6.07) is 18.6. The van der Waals surface area contributed by atoms with Crippen LogP contribution in [0.3, 0.4) is 0 Å². The molecule has 6 heteroatoms. The van der Waals surface area contributed by atoms with E-state index in [0.29, 0.717) is 0 Å². The number of anilines is 1. The second kappa shape index (κ2) is 8.81. The lowest BCUT2D eigenvalue weighted by Crippen LogP contribution is -2.53. The lowest BCUT2D eigenvalue weighted by molar-refractivity contribution is -0.143. The zero-order chi connectivity index (χ0) is 24.1. The molecule has 2 amide bonds. The molecule has 1 aliphatic heterocycles. The highest BCUT2D eigenvalue weighted by Gasteiger charge is 2.54. The van der Waals surface area contributed by atoms with Crippen molar-refractivity contribution in [1.29, 1.82) is 0 Å². The summed E-state index contributed by atoms with van der Waals surface area (Å²) < 4.78 is 0. The molecule has 6 rings (SSSR count). The Balaban J connectivity index is 1.34. The van der Waals surface area contributed by atoms with Crippen LogP contribution in [0.4, 0.5) is 5.69 Å². The number of hydrogen-bond acceptors (Lipinski definition) is 3. The topological polar surface area (TPSA) is 77.9 Å². The normalized spacial score (nSPS) is 28.7. The molecule has 0 spiro atoms. The largest absolute Gasteiger partial charge is 0.481 e. The summed E-state index contributed by atoms with van der Waals surface area (Å²) in [5.41, 5.74) is 3.23. The van der Waals surface area contributed by atoms with Crippen molar-refractivity contribution in [2.24, 2.45) is 11.8 Å². The van der Waals surface area contributed by atoms with Crippen LogP contribution in [0.25, 0.3) is 0 Å². The maximum Gasteiger partial charge on any atom is 0.303 e. The average Bonchev–Trinajstić information content (AvgIpc) is 3.80. The summed E-state index contributed by atoms with van der Waals surface area (Å²) in [7, 11) is 0. The number of aliphatic carboxylic acids is 1. The van der Waals surface area contributed by atoms with Crippen molar-refractivity contribution in [3.05, 3.63) is 65.7 Å². The van der Waals surface area contributed by atoms with Crippen LogP contribution in [0, 0.1) is 11.8 Å². The molecule has 2 aromatic carbocycles. The van der Waals surface area contributed by atoms with E-state index in [1.165, 1.54) is 5.56 Å². The number of carboxylic acids is 1. The van der Waals surface area contributed by atoms with Gasteiger partial charge in [0, 0.05) is 36.0 Å². The third-order valence-corrected chi connectivity index (χ3v) is 8.44. The van der Waals surface area contributed by atoms with Gasteiger partial charge in [-0.25, -0.2) is 0 Å². The first-order valence-electron chi connectivity index (χ1n) is 13.0. The molecule has 2 aromatic rings. The van der Waals surface area contributed by atoms with Gasteiger partial charge in [0.05, 0.1) is 12.5 Å². The molecule has 0 aromatic heterocycles. The molecule has 35 heavy (non-hydrogen) atoms. The van der Waals surface area contributed by atoms with E-state index in [-0.39, 0.29) is 60.5 Å². The van der Waals surface area contributed by atoms with E-state index in [2.05, 4.69) is 23.1 Å². The fourth-order valence-corrected chi connectivity index (χ4v) is 6.66. The van der Waals surface area contributed by atoms with Crippen LogP contribution in [0.5, 0.6) is 0 Å². The number of carboxylic acid groups (broad SMARTS) is 1. The molecule has 3 saturated carbocycles. The highest BCUT2D eigenvalue weighted by molar-refractivity contribution is 5.99. The smallest absolute Gasteiger partial charge is 0.303 e. The van der Waals surface area contributed by atoms with E-state index < -0.39 is 5.97 Å². The Bertz CT molecular complexity index is 1140. The van der Waals surface area contributed by atoms with Crippen molar-refractivity contribution in [3.8, 4) is 0 Å². The Labute approximate surface area is 205 Å². The number of hydrogen-bond donors (Lipinski definition) is 1. The standard InChI is InChI=1S/C29H32N2O4/c32-26(15-16-27(33)34)30(19-13-14-19)28-20-9-4-5-11-24(20)31(25-12-6-10-21(25)28)29(35)23-17-22(23)18-7-2-1-3-8-18/h1-5,7-9,11,19,21-23,25,28H,6,10,12-17H2,(H,33,34). The Kier molecular flexibility index (Phi) is 5.62. The molecule has 5 unspecified atom stereocenters. The molecule has 1 heterocycles. The van der Waals surface area contributed by atoms with Crippen molar-refractivity contribution < 1.29 is 19.5 Å². The summed E-state index contributed by atoms with van der Waals surface area (Å²) in [5, 5.41) is 9.16. The number of rotatable bonds is 7. The Morgan fingerprint density at radius 3 is 2.40 bits per heavy atom. The lowest BCUT2D eigenvalue weighted by atomic mass is 9.81. The van der Waals surface area contributed by atoms with E-state index in [9.17, 15) is 14.4 Å². The second-order valence-corrected chi connectivity index (χ2v) is 10.7. The Morgan fingerprint density at radius 1 is 0.914 bits per heavy atom. The van der Waals surface area contributed by atoms with E-state index in [4.69, 9.17) is 5.11 Å². The van der Waals surface area contributed by atoms with Gasteiger partial charge >= 0.3 is 5.97 Å². The van der Waals surface area contributed by atoms with Gasteiger partial charge in [0.25, 0.3) is 0 Å². The minimum absolute atomic E-state index is 0.0139. The number of benzene rings is 2. The molecule has 3 aliphatic carbocycles. The van der Waals surface area contributed by atoms with Crippen molar-refractivity contribution in [1.82, 2.24) is 4.90 Å². The van der Waals surface area contributed by atoms with E-state index >= 15 is 0 Å². The van der Waals surface area contributed by atoms with E-state index in [1.54, 1.807) is 0 Å². The molecule has 5 atom stereocenters. The first-order valence-corrected chi connectivity index (χ1v) is 13.0. The molecule has 0 radical (unpaired) electrons. The Hall–Kier alpha value is -3.15. The average molecular weight is 473 g/mol. The number of fused-ring (bicyclic) bond motifs is 2. The minimum atomic E-state index is -0.939. The Morgan fingerprint density at radius 2 is 1.66 bits per heavy atom. The first-order chi connectivity index (χ1) is 17.0. The van der Waals surface area contributed by atoms with Gasteiger partial charge in [0.15, 0.2) is 0 Å². The van der Waals surface area contributed by atoms with E-state index in [0.717, 1.165) is 49.8 Å². The number of carbonyl (C=O) groups is 3. The lowest BCUT2D eigenvalue weighted by Gasteiger charge is -2.48. The molecular weight excluding hydrogens is 440 g/mol. The molecule has 4 aliphatic rings. The predicted molar refractivity (Wildman–Crippen MR) is 132 cm³/mol. The van der Waals surface area contributed by atoms with Gasteiger partial charge < -0.3 is 14.9 Å². The third kappa shape index (κ3) is 4.03. The zero-order valence-corrected chi connectivity index (χ0v) is 19.9. The van der Waals surface area contributed by atoms with Crippen LogP contribution in [0.1, 0.15) is 74.5 Å². The van der Waals surface area contributed by atoms with Crippen LogP contribution < -0.4 is 4.90 Å². The van der Waals surface area contributed by atoms with Gasteiger partial charge in [0.1, 0.15) is 0 Å². The zero-order valence-electron chi connectivity index (χ0n) is 19.9. The van der Waals surface area contributed by atoms with Gasteiger partial charge in [-0.3, -0.25) is 14.4 Å². The highest BCUT2D eigenvalue weighted by atomic mass is 16.4. The second-order valence-electron chi connectivity index (χ2n) is 10.7. The van der Waals surface area contributed by atoms with Crippen LogP contribution in [-0.4, -0.2) is 39.9 Å². The van der Waals surface area contributed by atoms with Crippen molar-refractivity contribution >= 4 is 23.5 Å². The minimum Gasteiger partial charge on any atom is -0.481 e. The number of carbonyl (C=O) groups excluding carboxylic acids is 2. The van der Waals surface area contributed by atoms with Crippen molar-refractivity contribution in [2.45, 2.75) is 75.4 Å². The molecule has 3 fully saturated rings. The first kappa shape index (κ1) is 22.3. The van der Waals surface area contributed by atoms with Gasteiger partial charge in [-0.05, 0) is 55.2 Å². The van der Waals surface area contributed by atoms with E-state index in [1.807, 2.05) is 41.3 Å². The fraction of sp³-hybridized carbons (Fsp3) is 0.483. The van der Waals surface area contributed by atoms with Gasteiger partial charge in [-0.2, -0.15) is 0 Å². The molecule has 182 valence electrons. The van der Waals surface area contributed by atoms with Crippen molar-refractivity contribution in [3.63, 3.8) is 0 Å². The van der Waals surface area contributed by atoms with Crippen LogP contribution in [0.2, 0.25) is 0 Å². The summed E-state index contributed by atoms with van der Waals surface area (Å²) in [6.07, 6.45) is 5.70. The SMILES string of the molecule is O=C(O)CCC(=O)N(C1CC1)C1c2ccccc2N(C(=O)C2CC2c2ccccc2)C2CCCC21. The highest BCUT2D eigenvalue weighted by Crippen LogP contribution is 2.55. The number of nitrogens with zero attached hydrogens (tertiary/aromatic N) is 2. The maximum atomic E-state index is 14.0. The quantitative estimate of drug-likeness (QED) is 0.622. The van der Waals surface area contributed by atoms with Crippen LogP contribution in [-0.2, 0) is 14.4 Å². The number of amides is 2. The molecule has 1 N–H and O–H groups in total. The van der Waals surface area contributed by atoms with Crippen LogP contribution >= 0.6 is 0 Å². The monoisotopic (exact) mass is 472 g/mol. The summed E-state index contributed by atoms with van der Waals surface area (Å²) in [6.45, 7) is 0. The molecular formula is C29H32N2O4. The van der Waals surface area contributed by atoms with Gasteiger partial charge in [-0.1, -0.05) is 55.0 Å². The van der Waals surface area contributed by atoms with Crippen LogP contribution in [0.15, 0.2) is 54.6 Å². The predicted octanol–water partition coefficient (Wildman–Crippen LogP) is 4.90. The van der Waals surface area contributed by atoms with Gasteiger partial charge in [0.2, 0.25) is 11.8 Å².